The molecule has 126 valence electrons. The Morgan fingerprint density at radius 1 is 1.09 bits per heavy atom. The zero-order valence-corrected chi connectivity index (χ0v) is 12.7. The van der Waals surface area contributed by atoms with Crippen molar-refractivity contribution in [3.63, 3.8) is 0 Å². The molecule has 0 spiro atoms. The molecule has 4 N–H and O–H groups in total. The molecule has 6 nitrogen and oxygen atoms in total. The molecule has 1 aliphatic rings. The van der Waals surface area contributed by atoms with Gasteiger partial charge in [-0.05, 0) is 31.6 Å². The van der Waals surface area contributed by atoms with Gasteiger partial charge in [0.1, 0.15) is 0 Å². The zero-order valence-electron chi connectivity index (χ0n) is 12.7. The number of rotatable bonds is 10. The van der Waals surface area contributed by atoms with Crippen molar-refractivity contribution in [2.45, 2.75) is 51.0 Å². The molecule has 1 saturated carbocycles. The average molecular weight is 314 g/mol. The van der Waals surface area contributed by atoms with Crippen LogP contribution in [0.3, 0.4) is 0 Å². The zero-order chi connectivity index (χ0) is 16.5. The van der Waals surface area contributed by atoms with E-state index in [1.165, 1.54) is 0 Å². The van der Waals surface area contributed by atoms with Crippen LogP contribution in [0.5, 0.6) is 0 Å². The molecule has 0 saturated heterocycles. The van der Waals surface area contributed by atoms with Crippen molar-refractivity contribution >= 4 is 11.9 Å². The van der Waals surface area contributed by atoms with Crippen LogP contribution < -0.4 is 0 Å². The van der Waals surface area contributed by atoms with Crippen molar-refractivity contribution in [1.29, 1.82) is 0 Å². The minimum atomic E-state index is -1.02. The molecular weight excluding hydrogens is 288 g/mol. The summed E-state index contributed by atoms with van der Waals surface area (Å²) < 4.78 is 0. The first-order valence-corrected chi connectivity index (χ1v) is 7.87. The van der Waals surface area contributed by atoms with E-state index in [0.29, 0.717) is 0 Å². The van der Waals surface area contributed by atoms with Crippen LogP contribution in [-0.2, 0) is 9.59 Å². The molecular formula is C16H26O6. The van der Waals surface area contributed by atoms with E-state index in [9.17, 15) is 19.8 Å². The maximum absolute atomic E-state index is 11.3. The van der Waals surface area contributed by atoms with Gasteiger partial charge in [0.15, 0.2) is 0 Å². The normalized spacial score (nSPS) is 28.3. The van der Waals surface area contributed by atoms with Crippen LogP contribution in [0.15, 0.2) is 12.2 Å². The van der Waals surface area contributed by atoms with E-state index in [-0.39, 0.29) is 19.4 Å². The van der Waals surface area contributed by atoms with Gasteiger partial charge < -0.3 is 20.4 Å². The van der Waals surface area contributed by atoms with Crippen molar-refractivity contribution in [2.75, 3.05) is 6.61 Å². The van der Waals surface area contributed by atoms with E-state index < -0.39 is 35.8 Å². The summed E-state index contributed by atoms with van der Waals surface area (Å²) >= 11 is 0. The first kappa shape index (κ1) is 18.6. The highest BCUT2D eigenvalue weighted by molar-refractivity contribution is 5.72. The van der Waals surface area contributed by atoms with Gasteiger partial charge in [0.2, 0.25) is 0 Å². The molecule has 1 aliphatic carbocycles. The monoisotopic (exact) mass is 314 g/mol. The Labute approximate surface area is 130 Å². The van der Waals surface area contributed by atoms with E-state index in [1.54, 1.807) is 6.08 Å². The number of unbranched alkanes of at least 4 members (excludes halogenated alkanes) is 4. The fourth-order valence-electron chi connectivity index (χ4n) is 3.14. The molecule has 0 radical (unpaired) electrons. The molecule has 0 unspecified atom stereocenters. The van der Waals surface area contributed by atoms with Crippen LogP contribution in [0, 0.1) is 17.8 Å². The van der Waals surface area contributed by atoms with Crippen molar-refractivity contribution in [3.05, 3.63) is 12.2 Å². The third kappa shape index (κ3) is 5.77. The molecule has 0 aliphatic heterocycles. The van der Waals surface area contributed by atoms with Gasteiger partial charge in [-0.3, -0.25) is 9.59 Å². The largest absolute Gasteiger partial charge is 0.481 e. The summed E-state index contributed by atoms with van der Waals surface area (Å²) in [5, 5.41) is 36.8. The third-order valence-electron chi connectivity index (χ3n) is 4.31. The van der Waals surface area contributed by atoms with Crippen molar-refractivity contribution in [1.82, 2.24) is 0 Å². The van der Waals surface area contributed by atoms with Crippen LogP contribution in [-0.4, -0.2) is 45.1 Å². The van der Waals surface area contributed by atoms with E-state index in [2.05, 4.69) is 0 Å². The second-order valence-corrected chi connectivity index (χ2v) is 5.94. The maximum atomic E-state index is 11.3. The van der Waals surface area contributed by atoms with E-state index in [1.807, 2.05) is 6.08 Å². The molecule has 6 heteroatoms. The van der Waals surface area contributed by atoms with E-state index >= 15 is 0 Å². The molecule has 4 atom stereocenters. The van der Waals surface area contributed by atoms with Gasteiger partial charge in [0, 0.05) is 12.5 Å². The smallest absolute Gasteiger partial charge is 0.307 e. The molecule has 1 fully saturated rings. The van der Waals surface area contributed by atoms with Gasteiger partial charge in [-0.1, -0.05) is 25.0 Å². The number of allylic oxidation sites excluding steroid dienone is 2. The van der Waals surface area contributed by atoms with Crippen LogP contribution in [0.4, 0.5) is 0 Å². The summed E-state index contributed by atoms with van der Waals surface area (Å²) in [6.45, 7) is 0.201. The maximum Gasteiger partial charge on any atom is 0.307 e. The number of carbonyl (C=O) groups is 2. The lowest BCUT2D eigenvalue weighted by atomic mass is 9.86. The second kappa shape index (κ2) is 9.58. The Bertz CT molecular complexity index is 392. The number of carboxylic acids is 2. The standard InChI is InChI=1S/C16H26O6/c17-8-6-4-2-1-3-5-7-11-12(10-15(19)20)14(18)9-13(11)16(21)22/h5,7,11-14,17-18H,1-4,6,8-10H2,(H,19,20)(H,21,22)/t11-,12-,13-,14+/m0/s1. The second-order valence-electron chi connectivity index (χ2n) is 5.94. The lowest BCUT2D eigenvalue weighted by Gasteiger charge is -2.19. The molecule has 0 aromatic heterocycles. The molecule has 0 aromatic rings. The molecule has 1 rings (SSSR count). The first-order valence-electron chi connectivity index (χ1n) is 7.87. The summed E-state index contributed by atoms with van der Waals surface area (Å²) in [7, 11) is 0. The predicted molar refractivity (Wildman–Crippen MR) is 80.3 cm³/mol. The molecule has 0 heterocycles. The Balaban J connectivity index is 2.56. The van der Waals surface area contributed by atoms with Crippen LogP contribution >= 0.6 is 0 Å². The topological polar surface area (TPSA) is 115 Å². The highest BCUT2D eigenvalue weighted by Crippen LogP contribution is 2.40. The van der Waals surface area contributed by atoms with Gasteiger partial charge in [0.25, 0.3) is 0 Å². The van der Waals surface area contributed by atoms with Crippen LogP contribution in [0.2, 0.25) is 0 Å². The lowest BCUT2D eigenvalue weighted by molar-refractivity contribution is -0.143. The van der Waals surface area contributed by atoms with Gasteiger partial charge >= 0.3 is 11.9 Å². The summed E-state index contributed by atoms with van der Waals surface area (Å²) in [6.07, 6.45) is 7.19. The van der Waals surface area contributed by atoms with Gasteiger partial charge in [-0.15, -0.1) is 0 Å². The fourth-order valence-corrected chi connectivity index (χ4v) is 3.14. The van der Waals surface area contributed by atoms with Crippen LogP contribution in [0.1, 0.15) is 44.9 Å². The fraction of sp³-hybridized carbons (Fsp3) is 0.750. The van der Waals surface area contributed by atoms with Gasteiger partial charge in [-0.25, -0.2) is 0 Å². The SMILES string of the molecule is O=C(O)C[C@H]1[C@H](C=CCCCCCCO)[C@@H](C(=O)O)C[C@H]1O. The molecule has 0 aromatic carbocycles. The Morgan fingerprint density at radius 3 is 2.36 bits per heavy atom. The summed E-state index contributed by atoms with van der Waals surface area (Å²) in [4.78, 5) is 22.2. The van der Waals surface area contributed by atoms with Crippen molar-refractivity contribution in [3.8, 4) is 0 Å². The third-order valence-corrected chi connectivity index (χ3v) is 4.31. The minimum absolute atomic E-state index is 0.110. The quantitative estimate of drug-likeness (QED) is 0.360. The number of aliphatic hydroxyl groups is 2. The molecule has 22 heavy (non-hydrogen) atoms. The van der Waals surface area contributed by atoms with Gasteiger partial charge in [-0.2, -0.15) is 0 Å². The number of carboxylic acid groups (broad SMARTS) is 2. The summed E-state index contributed by atoms with van der Waals surface area (Å²) in [6, 6.07) is 0. The first-order chi connectivity index (χ1) is 10.5. The number of aliphatic carboxylic acids is 2. The Kier molecular flexibility index (Phi) is 8.12. The van der Waals surface area contributed by atoms with Crippen molar-refractivity contribution < 1.29 is 30.0 Å². The number of hydrogen-bond donors (Lipinski definition) is 4. The van der Waals surface area contributed by atoms with E-state index in [4.69, 9.17) is 10.2 Å². The van der Waals surface area contributed by atoms with Crippen LogP contribution in [0.25, 0.3) is 0 Å². The Hall–Kier alpha value is -1.40. The molecule has 0 bridgehead atoms. The predicted octanol–water partition coefficient (Wildman–Crippen LogP) is 1.66. The highest BCUT2D eigenvalue weighted by atomic mass is 16.4. The number of aliphatic hydroxyl groups excluding tert-OH is 2. The average Bonchev–Trinajstić information content (AvgIpc) is 2.75. The van der Waals surface area contributed by atoms with Gasteiger partial charge in [0.05, 0.1) is 18.4 Å². The van der Waals surface area contributed by atoms with Crippen molar-refractivity contribution in [2.24, 2.45) is 17.8 Å². The molecule has 0 amide bonds. The lowest BCUT2D eigenvalue weighted by Crippen LogP contribution is -2.24. The minimum Gasteiger partial charge on any atom is -0.481 e. The summed E-state index contributed by atoms with van der Waals surface area (Å²) in [5.41, 5.74) is 0. The number of hydrogen-bond acceptors (Lipinski definition) is 4. The Morgan fingerprint density at radius 2 is 1.77 bits per heavy atom. The summed E-state index contributed by atoms with van der Waals surface area (Å²) in [5.74, 6) is -3.68. The highest BCUT2D eigenvalue weighted by Gasteiger charge is 2.45. The van der Waals surface area contributed by atoms with E-state index in [0.717, 1.165) is 32.1 Å².